The molecule has 22 heavy (non-hydrogen) atoms. The second kappa shape index (κ2) is 7.85. The van der Waals surface area contributed by atoms with E-state index >= 15 is 0 Å². The number of benzene rings is 1. The van der Waals surface area contributed by atoms with Crippen molar-refractivity contribution < 1.29 is 9.59 Å². The third-order valence-electron chi connectivity index (χ3n) is 2.85. The molecule has 0 bridgehead atoms. The van der Waals surface area contributed by atoms with Crippen molar-refractivity contribution in [3.63, 3.8) is 0 Å². The number of hydrogen-bond donors (Lipinski definition) is 2. The van der Waals surface area contributed by atoms with Crippen molar-refractivity contribution in [2.24, 2.45) is 4.99 Å². The normalized spacial score (nSPS) is 19.3. The summed E-state index contributed by atoms with van der Waals surface area (Å²) in [4.78, 5) is 28.1. The molecule has 0 spiro atoms. The molecule has 118 valence electrons. The molecular formula is C14H15Cl2N3O2S. The van der Waals surface area contributed by atoms with Gasteiger partial charge < -0.3 is 10.6 Å². The van der Waals surface area contributed by atoms with Crippen molar-refractivity contribution in [3.8, 4) is 0 Å². The molecule has 2 amide bonds. The number of nitrogens with one attached hydrogen (secondary N) is 2. The maximum absolute atomic E-state index is 12.1. The Morgan fingerprint density at radius 2 is 2.23 bits per heavy atom. The molecule has 2 N–H and O–H groups in total. The molecule has 0 radical (unpaired) electrons. The van der Waals surface area contributed by atoms with Crippen LogP contribution in [0.4, 0.5) is 5.69 Å². The Morgan fingerprint density at radius 1 is 1.45 bits per heavy atom. The maximum Gasteiger partial charge on any atom is 0.240 e. The van der Waals surface area contributed by atoms with Gasteiger partial charge in [0.2, 0.25) is 11.8 Å². The molecule has 1 aromatic rings. The van der Waals surface area contributed by atoms with E-state index in [1.165, 1.54) is 11.8 Å². The van der Waals surface area contributed by atoms with Crippen LogP contribution in [0.5, 0.6) is 0 Å². The number of hydrogen-bond acceptors (Lipinski definition) is 4. The molecule has 0 saturated carbocycles. The lowest BCUT2D eigenvalue weighted by Crippen LogP contribution is -2.28. The molecule has 0 aromatic heterocycles. The van der Waals surface area contributed by atoms with E-state index in [1.54, 1.807) is 18.2 Å². The van der Waals surface area contributed by atoms with Crippen LogP contribution in [-0.4, -0.2) is 28.8 Å². The minimum Gasteiger partial charge on any atom is -0.325 e. The molecule has 0 aliphatic carbocycles. The number of anilines is 1. The lowest BCUT2D eigenvalue weighted by molar-refractivity contribution is -0.122. The van der Waals surface area contributed by atoms with Crippen molar-refractivity contribution in [3.05, 3.63) is 28.2 Å². The van der Waals surface area contributed by atoms with E-state index in [2.05, 4.69) is 15.6 Å². The number of halogens is 2. The molecule has 1 fully saturated rings. The number of rotatable bonds is 5. The second-order valence-electron chi connectivity index (χ2n) is 4.64. The van der Waals surface area contributed by atoms with Gasteiger partial charge in [-0.05, 0) is 18.6 Å². The third kappa shape index (κ3) is 4.38. The molecular weight excluding hydrogens is 345 g/mol. The van der Waals surface area contributed by atoms with Gasteiger partial charge in [0, 0.05) is 13.0 Å². The maximum atomic E-state index is 12.1. The summed E-state index contributed by atoms with van der Waals surface area (Å²) in [7, 11) is 0. The standard InChI is InChI=1S/C14H15Cl2N3O2S/c1-2-6-17-14-19-13(21)10(22-14)7-11(20)18-9-5-3-4-8(15)12(9)16/h3-5,10H,2,6-7H2,1H3,(H,18,20)(H,17,19,21)/t10-/m0/s1. The van der Waals surface area contributed by atoms with Crippen molar-refractivity contribution in [2.45, 2.75) is 25.0 Å². The summed E-state index contributed by atoms with van der Waals surface area (Å²) in [5.74, 6) is -0.499. The average Bonchev–Trinajstić information content (AvgIpc) is 2.82. The summed E-state index contributed by atoms with van der Waals surface area (Å²) < 4.78 is 0. The Balaban J connectivity index is 1.95. The summed E-state index contributed by atoms with van der Waals surface area (Å²) in [6.07, 6.45) is 0.947. The number of nitrogens with zero attached hydrogens (tertiary/aromatic N) is 1. The molecule has 1 aliphatic heterocycles. The number of aliphatic imine (C=N–C) groups is 1. The molecule has 1 aliphatic rings. The van der Waals surface area contributed by atoms with Gasteiger partial charge >= 0.3 is 0 Å². The van der Waals surface area contributed by atoms with Crippen molar-refractivity contribution in [1.82, 2.24) is 5.32 Å². The molecule has 1 saturated heterocycles. The van der Waals surface area contributed by atoms with E-state index in [0.29, 0.717) is 22.4 Å². The van der Waals surface area contributed by atoms with E-state index in [-0.39, 0.29) is 23.3 Å². The Labute approximate surface area is 142 Å². The minimum absolute atomic E-state index is 0.0461. The van der Waals surface area contributed by atoms with Crippen LogP contribution in [0.1, 0.15) is 19.8 Å². The van der Waals surface area contributed by atoms with Crippen molar-refractivity contribution in [1.29, 1.82) is 0 Å². The second-order valence-corrected chi connectivity index (χ2v) is 6.61. The first kappa shape index (κ1) is 17.1. The Bertz CT molecular complexity index is 622. The fourth-order valence-electron chi connectivity index (χ4n) is 1.80. The lowest BCUT2D eigenvalue weighted by Gasteiger charge is -2.09. The monoisotopic (exact) mass is 359 g/mol. The number of thioether (sulfide) groups is 1. The minimum atomic E-state index is -0.478. The Hall–Kier alpha value is -1.24. The van der Waals surface area contributed by atoms with Crippen LogP contribution < -0.4 is 10.6 Å². The third-order valence-corrected chi connectivity index (χ3v) is 4.79. The highest BCUT2D eigenvalue weighted by Crippen LogP contribution is 2.30. The summed E-state index contributed by atoms with van der Waals surface area (Å²) in [5.41, 5.74) is 0.433. The van der Waals surface area contributed by atoms with Crippen molar-refractivity contribution >= 4 is 57.6 Å². The SMILES string of the molecule is CCCN=C1NC(=O)[C@H](CC(=O)Nc2cccc(Cl)c2Cl)S1. The van der Waals surface area contributed by atoms with E-state index in [1.807, 2.05) is 6.92 Å². The topological polar surface area (TPSA) is 70.6 Å². The van der Waals surface area contributed by atoms with Gasteiger partial charge in [0.1, 0.15) is 5.25 Å². The zero-order valence-corrected chi connectivity index (χ0v) is 14.2. The number of amidine groups is 1. The van der Waals surface area contributed by atoms with Gasteiger partial charge in [0.15, 0.2) is 5.17 Å². The Morgan fingerprint density at radius 3 is 2.95 bits per heavy atom. The van der Waals surface area contributed by atoms with Gasteiger partial charge in [-0.1, -0.05) is 48.0 Å². The molecule has 5 nitrogen and oxygen atoms in total. The van der Waals surface area contributed by atoms with Gasteiger partial charge in [0.25, 0.3) is 0 Å². The largest absolute Gasteiger partial charge is 0.325 e. The molecule has 1 atom stereocenters. The van der Waals surface area contributed by atoms with Crippen LogP contribution in [0.2, 0.25) is 10.0 Å². The summed E-state index contributed by atoms with van der Waals surface area (Å²) in [6, 6.07) is 4.98. The van der Waals surface area contributed by atoms with Gasteiger partial charge in [-0.15, -0.1) is 0 Å². The lowest BCUT2D eigenvalue weighted by atomic mass is 10.2. The first-order chi connectivity index (χ1) is 10.5. The first-order valence-corrected chi connectivity index (χ1v) is 8.40. The zero-order valence-electron chi connectivity index (χ0n) is 11.9. The summed E-state index contributed by atoms with van der Waals surface area (Å²) >= 11 is 13.2. The summed E-state index contributed by atoms with van der Waals surface area (Å²) in [5, 5.41) is 6.09. The highest BCUT2D eigenvalue weighted by Gasteiger charge is 2.32. The fraction of sp³-hybridized carbons (Fsp3) is 0.357. The number of carbonyl (C=O) groups excluding carboxylic acids is 2. The quantitative estimate of drug-likeness (QED) is 0.846. The predicted molar refractivity (Wildman–Crippen MR) is 91.8 cm³/mol. The molecule has 8 heteroatoms. The van der Waals surface area contributed by atoms with Gasteiger partial charge in [-0.25, -0.2) is 0 Å². The van der Waals surface area contributed by atoms with Crippen LogP contribution >= 0.6 is 35.0 Å². The van der Waals surface area contributed by atoms with E-state index in [0.717, 1.165) is 6.42 Å². The van der Waals surface area contributed by atoms with Crippen LogP contribution in [0.25, 0.3) is 0 Å². The van der Waals surface area contributed by atoms with E-state index < -0.39 is 5.25 Å². The Kier molecular flexibility index (Phi) is 6.11. The van der Waals surface area contributed by atoms with Crippen LogP contribution in [0, 0.1) is 0 Å². The van der Waals surface area contributed by atoms with E-state index in [9.17, 15) is 9.59 Å². The van der Waals surface area contributed by atoms with Gasteiger partial charge in [-0.3, -0.25) is 14.6 Å². The first-order valence-electron chi connectivity index (χ1n) is 6.77. The van der Waals surface area contributed by atoms with Crippen LogP contribution in [0.15, 0.2) is 23.2 Å². The van der Waals surface area contributed by atoms with Crippen molar-refractivity contribution in [2.75, 3.05) is 11.9 Å². The highest BCUT2D eigenvalue weighted by atomic mass is 35.5. The molecule has 1 aromatic carbocycles. The number of amides is 2. The zero-order chi connectivity index (χ0) is 16.1. The average molecular weight is 360 g/mol. The molecule has 1 heterocycles. The smallest absolute Gasteiger partial charge is 0.240 e. The van der Waals surface area contributed by atoms with Crippen LogP contribution in [0.3, 0.4) is 0 Å². The highest BCUT2D eigenvalue weighted by molar-refractivity contribution is 8.15. The van der Waals surface area contributed by atoms with Crippen LogP contribution in [-0.2, 0) is 9.59 Å². The van der Waals surface area contributed by atoms with Gasteiger partial charge in [0.05, 0.1) is 15.7 Å². The molecule has 0 unspecified atom stereocenters. The fourth-order valence-corrected chi connectivity index (χ4v) is 3.14. The van der Waals surface area contributed by atoms with E-state index in [4.69, 9.17) is 23.2 Å². The summed E-state index contributed by atoms with van der Waals surface area (Å²) in [6.45, 7) is 2.66. The predicted octanol–water partition coefficient (Wildman–Crippen LogP) is 3.32. The van der Waals surface area contributed by atoms with Gasteiger partial charge in [-0.2, -0.15) is 0 Å². The molecule has 2 rings (SSSR count). The number of carbonyl (C=O) groups is 2.